The SMILES string of the molecule is CN1CCC(N2CCc3cncnc3C2)CC1. The van der Waals surface area contributed by atoms with E-state index >= 15 is 0 Å². The quantitative estimate of drug-likeness (QED) is 0.721. The van der Waals surface area contributed by atoms with Crippen LogP contribution in [0.25, 0.3) is 0 Å². The third-order valence-electron chi connectivity index (χ3n) is 4.11. The minimum atomic E-state index is 0.759. The molecule has 1 aromatic heterocycles. The van der Waals surface area contributed by atoms with Crippen molar-refractivity contribution >= 4 is 0 Å². The molecule has 0 amide bonds. The molecule has 0 aromatic carbocycles. The summed E-state index contributed by atoms with van der Waals surface area (Å²) < 4.78 is 0. The van der Waals surface area contributed by atoms with Crippen molar-refractivity contribution in [1.82, 2.24) is 19.8 Å². The number of hydrogen-bond donors (Lipinski definition) is 0. The number of hydrogen-bond acceptors (Lipinski definition) is 4. The van der Waals surface area contributed by atoms with Crippen molar-refractivity contribution < 1.29 is 0 Å². The van der Waals surface area contributed by atoms with Crippen LogP contribution in [-0.2, 0) is 13.0 Å². The van der Waals surface area contributed by atoms with E-state index in [4.69, 9.17) is 0 Å². The van der Waals surface area contributed by atoms with Gasteiger partial charge in [0.25, 0.3) is 0 Å². The van der Waals surface area contributed by atoms with Gasteiger partial charge in [-0.15, -0.1) is 0 Å². The molecule has 0 spiro atoms. The summed E-state index contributed by atoms with van der Waals surface area (Å²) in [6, 6.07) is 0.759. The zero-order chi connectivity index (χ0) is 11.7. The summed E-state index contributed by atoms with van der Waals surface area (Å²) in [5.41, 5.74) is 2.59. The lowest BCUT2D eigenvalue weighted by Gasteiger charge is -2.39. The van der Waals surface area contributed by atoms with Gasteiger partial charge < -0.3 is 4.90 Å². The normalized spacial score (nSPS) is 23.6. The Morgan fingerprint density at radius 3 is 2.88 bits per heavy atom. The highest BCUT2D eigenvalue weighted by atomic mass is 15.2. The summed E-state index contributed by atoms with van der Waals surface area (Å²) in [5, 5.41) is 0. The number of nitrogens with zero attached hydrogens (tertiary/aromatic N) is 4. The van der Waals surface area contributed by atoms with Crippen LogP contribution in [0.15, 0.2) is 12.5 Å². The summed E-state index contributed by atoms with van der Waals surface area (Å²) in [7, 11) is 2.22. The minimum Gasteiger partial charge on any atom is -0.306 e. The van der Waals surface area contributed by atoms with Crippen LogP contribution in [0, 0.1) is 0 Å². The third kappa shape index (κ3) is 2.33. The zero-order valence-electron chi connectivity index (χ0n) is 10.5. The van der Waals surface area contributed by atoms with Crippen LogP contribution in [0.4, 0.5) is 0 Å². The second-order valence-electron chi connectivity index (χ2n) is 5.25. The fourth-order valence-corrected chi connectivity index (χ4v) is 2.94. The Hall–Kier alpha value is -1.00. The number of fused-ring (bicyclic) bond motifs is 1. The molecule has 1 fully saturated rings. The number of rotatable bonds is 1. The Morgan fingerprint density at radius 1 is 1.24 bits per heavy atom. The van der Waals surface area contributed by atoms with Gasteiger partial charge in [-0.05, 0) is 45.0 Å². The van der Waals surface area contributed by atoms with E-state index in [-0.39, 0.29) is 0 Å². The molecule has 1 saturated heterocycles. The number of likely N-dealkylation sites (tertiary alicyclic amines) is 1. The van der Waals surface area contributed by atoms with E-state index in [0.717, 1.165) is 19.0 Å². The van der Waals surface area contributed by atoms with Gasteiger partial charge in [-0.1, -0.05) is 0 Å². The summed E-state index contributed by atoms with van der Waals surface area (Å²) in [5.74, 6) is 0. The van der Waals surface area contributed by atoms with Crippen molar-refractivity contribution in [2.45, 2.75) is 31.8 Å². The first-order valence-corrected chi connectivity index (χ1v) is 6.53. The van der Waals surface area contributed by atoms with E-state index in [1.165, 1.54) is 43.7 Å². The fourth-order valence-electron chi connectivity index (χ4n) is 2.94. The van der Waals surface area contributed by atoms with E-state index in [1.54, 1.807) is 6.33 Å². The van der Waals surface area contributed by atoms with Crippen LogP contribution in [-0.4, -0.2) is 52.5 Å². The predicted molar refractivity (Wildman–Crippen MR) is 66.7 cm³/mol. The summed E-state index contributed by atoms with van der Waals surface area (Å²) in [6.45, 7) is 4.66. The van der Waals surface area contributed by atoms with Gasteiger partial charge in [0.1, 0.15) is 6.33 Å². The first-order valence-electron chi connectivity index (χ1n) is 6.53. The molecule has 3 heterocycles. The standard InChI is InChI=1S/C13H20N4/c1-16-5-3-12(4-6-16)17-7-2-11-8-14-10-15-13(11)9-17/h8,10,12H,2-7,9H2,1H3. The molecule has 0 atom stereocenters. The third-order valence-corrected chi connectivity index (χ3v) is 4.11. The summed E-state index contributed by atoms with van der Waals surface area (Å²) >= 11 is 0. The Kier molecular flexibility index (Phi) is 3.07. The molecule has 0 aliphatic carbocycles. The smallest absolute Gasteiger partial charge is 0.115 e. The molecule has 0 unspecified atom stereocenters. The molecule has 0 saturated carbocycles. The van der Waals surface area contributed by atoms with E-state index in [9.17, 15) is 0 Å². The fraction of sp³-hybridized carbons (Fsp3) is 0.692. The highest BCUT2D eigenvalue weighted by Crippen LogP contribution is 2.22. The van der Waals surface area contributed by atoms with Gasteiger partial charge >= 0.3 is 0 Å². The highest BCUT2D eigenvalue weighted by molar-refractivity contribution is 5.19. The Morgan fingerprint density at radius 2 is 2.06 bits per heavy atom. The van der Waals surface area contributed by atoms with Crippen LogP contribution >= 0.6 is 0 Å². The lowest BCUT2D eigenvalue weighted by atomic mass is 9.99. The first-order chi connectivity index (χ1) is 8.33. The Bertz CT molecular complexity index is 385. The molecule has 0 N–H and O–H groups in total. The molecule has 0 radical (unpaired) electrons. The molecule has 3 rings (SSSR count). The van der Waals surface area contributed by atoms with Crippen LogP contribution in [0.1, 0.15) is 24.1 Å². The van der Waals surface area contributed by atoms with Crippen LogP contribution in [0.3, 0.4) is 0 Å². The average molecular weight is 232 g/mol. The van der Waals surface area contributed by atoms with Gasteiger partial charge in [-0.3, -0.25) is 4.90 Å². The first kappa shape index (κ1) is 11.1. The van der Waals surface area contributed by atoms with Gasteiger partial charge in [0.05, 0.1) is 5.69 Å². The van der Waals surface area contributed by atoms with Crippen molar-refractivity contribution in [3.05, 3.63) is 23.8 Å². The highest BCUT2D eigenvalue weighted by Gasteiger charge is 2.26. The maximum Gasteiger partial charge on any atom is 0.115 e. The van der Waals surface area contributed by atoms with Crippen LogP contribution in [0.5, 0.6) is 0 Å². The molecular formula is C13H20N4. The van der Waals surface area contributed by atoms with Gasteiger partial charge in [-0.2, -0.15) is 0 Å². The molecule has 92 valence electrons. The maximum atomic E-state index is 4.42. The van der Waals surface area contributed by atoms with Gasteiger partial charge in [0.2, 0.25) is 0 Å². The number of aromatic nitrogens is 2. The van der Waals surface area contributed by atoms with Gasteiger partial charge in [0, 0.05) is 25.3 Å². The molecule has 4 nitrogen and oxygen atoms in total. The Balaban J connectivity index is 1.68. The van der Waals surface area contributed by atoms with Crippen molar-refractivity contribution in [3.63, 3.8) is 0 Å². The lowest BCUT2D eigenvalue weighted by molar-refractivity contribution is 0.108. The lowest BCUT2D eigenvalue weighted by Crippen LogP contribution is -2.45. The largest absolute Gasteiger partial charge is 0.306 e. The molecular weight excluding hydrogens is 212 g/mol. The monoisotopic (exact) mass is 232 g/mol. The van der Waals surface area contributed by atoms with Crippen molar-refractivity contribution in [1.29, 1.82) is 0 Å². The molecule has 2 aliphatic heterocycles. The van der Waals surface area contributed by atoms with Gasteiger partial charge in [-0.25, -0.2) is 9.97 Å². The second-order valence-corrected chi connectivity index (χ2v) is 5.25. The van der Waals surface area contributed by atoms with Crippen molar-refractivity contribution in [2.75, 3.05) is 26.7 Å². The average Bonchev–Trinajstić information content (AvgIpc) is 2.39. The second kappa shape index (κ2) is 4.70. The predicted octanol–water partition coefficient (Wildman–Crippen LogP) is 0.929. The van der Waals surface area contributed by atoms with Crippen LogP contribution < -0.4 is 0 Å². The van der Waals surface area contributed by atoms with E-state index in [0.29, 0.717) is 0 Å². The molecule has 2 aliphatic rings. The Labute approximate surface area is 103 Å². The van der Waals surface area contributed by atoms with E-state index < -0.39 is 0 Å². The van der Waals surface area contributed by atoms with E-state index in [1.807, 2.05) is 6.20 Å². The van der Waals surface area contributed by atoms with Crippen molar-refractivity contribution in [2.24, 2.45) is 0 Å². The molecule has 1 aromatic rings. The van der Waals surface area contributed by atoms with Crippen molar-refractivity contribution in [3.8, 4) is 0 Å². The maximum absolute atomic E-state index is 4.42. The molecule has 17 heavy (non-hydrogen) atoms. The molecule has 4 heteroatoms. The summed E-state index contributed by atoms with van der Waals surface area (Å²) in [4.78, 5) is 13.6. The summed E-state index contributed by atoms with van der Waals surface area (Å²) in [6.07, 6.45) is 7.38. The number of piperidine rings is 1. The van der Waals surface area contributed by atoms with Gasteiger partial charge in [0.15, 0.2) is 0 Å². The topological polar surface area (TPSA) is 32.3 Å². The zero-order valence-corrected chi connectivity index (χ0v) is 10.5. The minimum absolute atomic E-state index is 0.759. The van der Waals surface area contributed by atoms with Crippen LogP contribution in [0.2, 0.25) is 0 Å². The molecule has 0 bridgehead atoms. The van der Waals surface area contributed by atoms with E-state index in [2.05, 4.69) is 26.8 Å².